The second-order valence-electron chi connectivity index (χ2n) is 5.89. The Morgan fingerprint density at radius 2 is 1.92 bits per heavy atom. The zero-order chi connectivity index (χ0) is 16.9. The highest BCUT2D eigenvalue weighted by atomic mass is 16.5. The van der Waals surface area contributed by atoms with Gasteiger partial charge in [0.15, 0.2) is 6.61 Å². The van der Waals surface area contributed by atoms with Gasteiger partial charge in [0.2, 0.25) is 0 Å². The molecule has 0 aliphatic heterocycles. The number of ether oxygens (including phenoxy) is 1. The molecule has 1 aliphatic rings. The van der Waals surface area contributed by atoms with E-state index in [1.165, 1.54) is 11.1 Å². The summed E-state index contributed by atoms with van der Waals surface area (Å²) in [6.07, 6.45) is 2.71. The van der Waals surface area contributed by atoms with Crippen molar-refractivity contribution < 1.29 is 19.4 Å². The van der Waals surface area contributed by atoms with E-state index in [1.807, 2.05) is 12.1 Å². The number of aliphatic carboxylic acids is 1. The molecule has 0 radical (unpaired) electrons. The number of aryl methyl sites for hydroxylation is 1. The highest BCUT2D eigenvalue weighted by Gasteiger charge is 2.20. The smallest absolute Gasteiger partial charge is 0.341 e. The third-order valence-electron chi connectivity index (χ3n) is 4.14. The van der Waals surface area contributed by atoms with Gasteiger partial charge in [0.25, 0.3) is 5.91 Å². The fraction of sp³-hybridized carbons (Fsp3) is 0.263. The minimum absolute atomic E-state index is 0.107. The Kier molecular flexibility index (Phi) is 4.79. The monoisotopic (exact) mass is 325 g/mol. The van der Waals surface area contributed by atoms with Gasteiger partial charge in [-0.3, -0.25) is 4.79 Å². The molecule has 0 saturated heterocycles. The van der Waals surface area contributed by atoms with E-state index >= 15 is 0 Å². The maximum absolute atomic E-state index is 12.4. The number of carbonyl (C=O) groups is 2. The molecule has 0 aromatic heterocycles. The summed E-state index contributed by atoms with van der Waals surface area (Å²) in [5, 5.41) is 11.7. The first-order valence-electron chi connectivity index (χ1n) is 7.94. The first-order chi connectivity index (χ1) is 11.6. The van der Waals surface area contributed by atoms with Gasteiger partial charge in [-0.05, 0) is 48.6 Å². The molecule has 0 fully saturated rings. The SMILES string of the molecule is O=C(O)COc1cccc(C(=O)NC2CCc3ccccc3C2)c1. The molecule has 0 heterocycles. The molecule has 3 rings (SSSR count). The number of carboxylic acids is 1. The van der Waals surface area contributed by atoms with Crippen LogP contribution in [0.5, 0.6) is 5.75 Å². The largest absolute Gasteiger partial charge is 0.482 e. The highest BCUT2D eigenvalue weighted by Crippen LogP contribution is 2.21. The third kappa shape index (κ3) is 3.93. The quantitative estimate of drug-likeness (QED) is 0.885. The zero-order valence-corrected chi connectivity index (χ0v) is 13.2. The summed E-state index contributed by atoms with van der Waals surface area (Å²) >= 11 is 0. The van der Waals surface area contributed by atoms with E-state index in [4.69, 9.17) is 9.84 Å². The lowest BCUT2D eigenvalue weighted by Crippen LogP contribution is -2.38. The van der Waals surface area contributed by atoms with Gasteiger partial charge in [0, 0.05) is 11.6 Å². The van der Waals surface area contributed by atoms with Gasteiger partial charge in [-0.2, -0.15) is 0 Å². The molecule has 0 spiro atoms. The van der Waals surface area contributed by atoms with Crippen molar-refractivity contribution in [2.45, 2.75) is 25.3 Å². The molecule has 2 aromatic carbocycles. The third-order valence-corrected chi connectivity index (χ3v) is 4.14. The zero-order valence-electron chi connectivity index (χ0n) is 13.2. The van der Waals surface area contributed by atoms with Crippen LogP contribution in [0.3, 0.4) is 0 Å². The maximum atomic E-state index is 12.4. The van der Waals surface area contributed by atoms with Crippen molar-refractivity contribution in [3.05, 3.63) is 65.2 Å². The molecule has 0 saturated carbocycles. The van der Waals surface area contributed by atoms with Crippen LogP contribution in [0.4, 0.5) is 0 Å². The Morgan fingerprint density at radius 3 is 2.71 bits per heavy atom. The lowest BCUT2D eigenvalue weighted by atomic mass is 9.88. The lowest BCUT2D eigenvalue weighted by molar-refractivity contribution is -0.139. The Bertz CT molecular complexity index is 757. The molecule has 124 valence electrons. The number of amides is 1. The van der Waals surface area contributed by atoms with Gasteiger partial charge < -0.3 is 15.2 Å². The number of benzene rings is 2. The molecular weight excluding hydrogens is 306 g/mol. The van der Waals surface area contributed by atoms with Crippen LogP contribution in [-0.4, -0.2) is 29.6 Å². The van der Waals surface area contributed by atoms with Crippen LogP contribution in [0, 0.1) is 0 Å². The molecule has 5 nitrogen and oxygen atoms in total. The molecule has 1 amide bonds. The van der Waals surface area contributed by atoms with Crippen molar-refractivity contribution >= 4 is 11.9 Å². The molecular formula is C19H19NO4. The normalized spacial score (nSPS) is 16.1. The van der Waals surface area contributed by atoms with Gasteiger partial charge in [0.1, 0.15) is 5.75 Å². The second kappa shape index (κ2) is 7.17. The summed E-state index contributed by atoms with van der Waals surface area (Å²) in [7, 11) is 0. The first-order valence-corrected chi connectivity index (χ1v) is 7.94. The van der Waals surface area contributed by atoms with E-state index in [1.54, 1.807) is 24.3 Å². The fourth-order valence-corrected chi connectivity index (χ4v) is 2.96. The van der Waals surface area contributed by atoms with Crippen molar-refractivity contribution in [3.8, 4) is 5.75 Å². The topological polar surface area (TPSA) is 75.6 Å². The van der Waals surface area contributed by atoms with Gasteiger partial charge in [-0.1, -0.05) is 30.3 Å². The molecule has 5 heteroatoms. The summed E-state index contributed by atoms with van der Waals surface area (Å²) in [6.45, 7) is -0.426. The number of nitrogens with one attached hydrogen (secondary N) is 1. The second-order valence-corrected chi connectivity index (χ2v) is 5.89. The minimum Gasteiger partial charge on any atom is -0.482 e. The molecule has 2 N–H and O–H groups in total. The first kappa shape index (κ1) is 16.1. The van der Waals surface area contributed by atoms with Crippen LogP contribution in [0.15, 0.2) is 48.5 Å². The predicted molar refractivity (Wildman–Crippen MR) is 89.3 cm³/mol. The number of fused-ring (bicyclic) bond motifs is 1. The Labute approximate surface area is 140 Å². The molecule has 1 atom stereocenters. The number of hydrogen-bond donors (Lipinski definition) is 2. The summed E-state index contributed by atoms with van der Waals surface area (Å²) in [5.41, 5.74) is 3.11. The molecule has 1 aliphatic carbocycles. The Hall–Kier alpha value is -2.82. The van der Waals surface area contributed by atoms with Crippen LogP contribution in [0.25, 0.3) is 0 Å². The molecule has 24 heavy (non-hydrogen) atoms. The van der Waals surface area contributed by atoms with Gasteiger partial charge >= 0.3 is 5.97 Å². The van der Waals surface area contributed by atoms with Crippen molar-refractivity contribution in [3.63, 3.8) is 0 Å². The van der Waals surface area contributed by atoms with E-state index in [0.29, 0.717) is 11.3 Å². The van der Waals surface area contributed by atoms with E-state index in [-0.39, 0.29) is 11.9 Å². The van der Waals surface area contributed by atoms with Crippen molar-refractivity contribution in [2.75, 3.05) is 6.61 Å². The number of rotatable bonds is 5. The Balaban J connectivity index is 1.63. The predicted octanol–water partition coefficient (Wildman–Crippen LogP) is 2.44. The van der Waals surface area contributed by atoms with Crippen LogP contribution >= 0.6 is 0 Å². The molecule has 2 aromatic rings. The summed E-state index contributed by atoms with van der Waals surface area (Å²) in [6, 6.07) is 15.0. The number of hydrogen-bond acceptors (Lipinski definition) is 3. The highest BCUT2D eigenvalue weighted by molar-refractivity contribution is 5.94. The maximum Gasteiger partial charge on any atom is 0.341 e. The number of carboxylic acid groups (broad SMARTS) is 1. The average Bonchev–Trinajstić information content (AvgIpc) is 2.60. The van der Waals surface area contributed by atoms with Crippen molar-refractivity contribution in [2.24, 2.45) is 0 Å². The van der Waals surface area contributed by atoms with E-state index in [9.17, 15) is 9.59 Å². The summed E-state index contributed by atoms with van der Waals surface area (Å²) < 4.78 is 5.12. The molecule has 0 bridgehead atoms. The fourth-order valence-electron chi connectivity index (χ4n) is 2.96. The summed E-state index contributed by atoms with van der Waals surface area (Å²) in [5.74, 6) is -0.843. The van der Waals surface area contributed by atoms with Crippen LogP contribution in [0.2, 0.25) is 0 Å². The molecule has 1 unspecified atom stereocenters. The lowest BCUT2D eigenvalue weighted by Gasteiger charge is -2.25. The van der Waals surface area contributed by atoms with E-state index in [2.05, 4.69) is 17.4 Å². The van der Waals surface area contributed by atoms with Crippen molar-refractivity contribution in [1.29, 1.82) is 0 Å². The minimum atomic E-state index is -1.05. The number of carbonyl (C=O) groups excluding carboxylic acids is 1. The van der Waals surface area contributed by atoms with E-state index < -0.39 is 12.6 Å². The van der Waals surface area contributed by atoms with Crippen molar-refractivity contribution in [1.82, 2.24) is 5.32 Å². The standard InChI is InChI=1S/C19H19NO4/c21-18(22)12-24-17-7-3-6-15(11-17)19(23)20-16-9-8-13-4-1-2-5-14(13)10-16/h1-7,11,16H,8-10,12H2,(H,20,23)(H,21,22). The van der Waals surface area contributed by atoms with Gasteiger partial charge in [0.05, 0.1) is 0 Å². The van der Waals surface area contributed by atoms with Crippen LogP contribution in [-0.2, 0) is 17.6 Å². The average molecular weight is 325 g/mol. The van der Waals surface area contributed by atoms with Crippen LogP contribution in [0.1, 0.15) is 27.9 Å². The van der Waals surface area contributed by atoms with Gasteiger partial charge in [-0.25, -0.2) is 4.79 Å². The Morgan fingerprint density at radius 1 is 1.12 bits per heavy atom. The summed E-state index contributed by atoms with van der Waals surface area (Å²) in [4.78, 5) is 23.0. The van der Waals surface area contributed by atoms with E-state index in [0.717, 1.165) is 19.3 Å². The van der Waals surface area contributed by atoms with Gasteiger partial charge in [-0.15, -0.1) is 0 Å². The van der Waals surface area contributed by atoms with Crippen LogP contribution < -0.4 is 10.1 Å².